The van der Waals surface area contributed by atoms with E-state index in [9.17, 15) is 18.0 Å². The van der Waals surface area contributed by atoms with Gasteiger partial charge in [-0.25, -0.2) is 0 Å². The van der Waals surface area contributed by atoms with Crippen molar-refractivity contribution in [3.63, 3.8) is 0 Å². The lowest BCUT2D eigenvalue weighted by atomic mass is 10.1. The Bertz CT molecular complexity index is 1290. The van der Waals surface area contributed by atoms with Crippen molar-refractivity contribution in [2.24, 2.45) is 7.05 Å². The van der Waals surface area contributed by atoms with Crippen molar-refractivity contribution in [1.29, 1.82) is 0 Å². The van der Waals surface area contributed by atoms with Crippen LogP contribution in [0.4, 0.5) is 18.9 Å². The lowest BCUT2D eigenvalue weighted by molar-refractivity contribution is -0.137. The number of amides is 1. The number of alkyl halides is 3. The molecule has 1 N–H and O–H groups in total. The summed E-state index contributed by atoms with van der Waals surface area (Å²) >= 11 is 1.11. The molecule has 4 aromatic rings. The predicted molar refractivity (Wildman–Crippen MR) is 125 cm³/mol. The number of carbonyl (C=O) groups excluding carboxylic acids is 1. The Kier molecular flexibility index (Phi) is 6.78. The van der Waals surface area contributed by atoms with Gasteiger partial charge in [-0.05, 0) is 43.3 Å². The highest BCUT2D eigenvalue weighted by Crippen LogP contribution is 2.34. The zero-order chi connectivity index (χ0) is 24.3. The number of para-hydroxylation sites is 1. The summed E-state index contributed by atoms with van der Waals surface area (Å²) in [5.74, 6) is 0.000448. The van der Waals surface area contributed by atoms with E-state index in [1.54, 1.807) is 0 Å². The zero-order valence-corrected chi connectivity index (χ0v) is 19.3. The van der Waals surface area contributed by atoms with Crippen LogP contribution in [0.25, 0.3) is 5.69 Å². The minimum Gasteiger partial charge on any atom is -0.354 e. The number of halogens is 3. The largest absolute Gasteiger partial charge is 0.418 e. The highest BCUT2D eigenvalue weighted by atomic mass is 32.2. The lowest BCUT2D eigenvalue weighted by Crippen LogP contribution is -2.18. The summed E-state index contributed by atoms with van der Waals surface area (Å²) in [7, 11) is 1.95. The first kappa shape index (κ1) is 23.6. The third-order valence-electron chi connectivity index (χ3n) is 5.22. The molecule has 0 fully saturated rings. The number of benzene rings is 2. The van der Waals surface area contributed by atoms with E-state index in [2.05, 4.69) is 15.5 Å². The molecule has 4 rings (SSSR count). The molecule has 0 spiro atoms. The molecule has 2 aromatic carbocycles. The molecule has 0 aliphatic heterocycles. The molecular weight excluding hydrogens is 463 g/mol. The molecule has 2 heterocycles. The highest BCUT2D eigenvalue weighted by Gasteiger charge is 2.33. The third kappa shape index (κ3) is 5.33. The maximum Gasteiger partial charge on any atom is 0.418 e. The van der Waals surface area contributed by atoms with Crippen LogP contribution in [0, 0.1) is 6.92 Å². The summed E-state index contributed by atoms with van der Waals surface area (Å²) in [5.41, 5.74) is 1.81. The van der Waals surface area contributed by atoms with Crippen molar-refractivity contribution in [3.8, 4) is 5.69 Å². The van der Waals surface area contributed by atoms with Gasteiger partial charge in [0.15, 0.2) is 5.16 Å². The second-order valence-electron chi connectivity index (χ2n) is 7.74. The van der Waals surface area contributed by atoms with Crippen molar-refractivity contribution in [2.45, 2.75) is 24.7 Å². The van der Waals surface area contributed by atoms with Gasteiger partial charge in [0.25, 0.3) is 0 Å². The smallest absolute Gasteiger partial charge is 0.354 e. The number of aryl methyl sites for hydroxylation is 2. The topological polar surface area (TPSA) is 64.7 Å². The summed E-state index contributed by atoms with van der Waals surface area (Å²) in [4.78, 5) is 12.5. The number of rotatable bonds is 7. The van der Waals surface area contributed by atoms with Gasteiger partial charge in [-0.1, -0.05) is 41.6 Å². The van der Waals surface area contributed by atoms with Gasteiger partial charge in [-0.15, -0.1) is 10.2 Å². The van der Waals surface area contributed by atoms with Crippen LogP contribution in [0.3, 0.4) is 0 Å². The Morgan fingerprint density at radius 2 is 1.76 bits per heavy atom. The molecule has 6 nitrogen and oxygen atoms in total. The van der Waals surface area contributed by atoms with Crippen LogP contribution in [0.15, 0.2) is 72.0 Å². The van der Waals surface area contributed by atoms with Crippen molar-refractivity contribution in [3.05, 3.63) is 89.5 Å². The van der Waals surface area contributed by atoms with Gasteiger partial charge in [0.05, 0.1) is 17.0 Å². The molecule has 0 unspecified atom stereocenters. The van der Waals surface area contributed by atoms with E-state index >= 15 is 0 Å². The number of nitrogens with zero attached hydrogens (tertiary/aromatic N) is 4. The van der Waals surface area contributed by atoms with Crippen LogP contribution in [0.2, 0.25) is 0 Å². The van der Waals surface area contributed by atoms with Gasteiger partial charge in [0, 0.05) is 31.0 Å². The van der Waals surface area contributed by atoms with E-state index in [0.717, 1.165) is 34.8 Å². The average Bonchev–Trinajstić information content (AvgIpc) is 3.38. The van der Waals surface area contributed by atoms with E-state index in [4.69, 9.17) is 0 Å². The van der Waals surface area contributed by atoms with Crippen molar-refractivity contribution < 1.29 is 18.0 Å². The van der Waals surface area contributed by atoms with Gasteiger partial charge in [-0.3, -0.25) is 9.36 Å². The number of hydrogen-bond acceptors (Lipinski definition) is 4. The van der Waals surface area contributed by atoms with E-state index in [0.29, 0.717) is 17.4 Å². The summed E-state index contributed by atoms with van der Waals surface area (Å²) < 4.78 is 43.5. The average molecular weight is 486 g/mol. The minimum atomic E-state index is -4.56. The van der Waals surface area contributed by atoms with Crippen LogP contribution < -0.4 is 5.32 Å². The fourth-order valence-corrected chi connectivity index (χ4v) is 4.23. The lowest BCUT2D eigenvalue weighted by Gasteiger charge is -2.14. The molecule has 0 atom stereocenters. The Morgan fingerprint density at radius 3 is 2.44 bits per heavy atom. The third-order valence-corrected chi connectivity index (χ3v) is 6.15. The van der Waals surface area contributed by atoms with E-state index in [-0.39, 0.29) is 11.4 Å². The van der Waals surface area contributed by atoms with Gasteiger partial charge >= 0.3 is 6.18 Å². The Morgan fingerprint density at radius 1 is 1.03 bits per heavy atom. The Labute approximate surface area is 198 Å². The fraction of sp³-hybridized carbons (Fsp3) is 0.208. The molecular formula is C24H22F3N5OS. The number of anilines is 1. The maximum atomic E-state index is 13.2. The predicted octanol–water partition coefficient (Wildman–Crippen LogP) is 5.25. The molecule has 0 saturated heterocycles. The minimum absolute atomic E-state index is 0.125. The van der Waals surface area contributed by atoms with Gasteiger partial charge in [-0.2, -0.15) is 13.2 Å². The normalized spacial score (nSPS) is 11.6. The summed E-state index contributed by atoms with van der Waals surface area (Å²) in [6, 6.07) is 16.7. The maximum absolute atomic E-state index is 13.2. The van der Waals surface area contributed by atoms with Gasteiger partial charge in [0.2, 0.25) is 5.91 Å². The van der Waals surface area contributed by atoms with Crippen LogP contribution in [-0.2, 0) is 24.4 Å². The first-order chi connectivity index (χ1) is 16.2. The molecule has 2 aromatic heterocycles. The molecule has 10 heteroatoms. The first-order valence-electron chi connectivity index (χ1n) is 10.4. The van der Waals surface area contributed by atoms with E-state index in [1.807, 2.05) is 65.7 Å². The Hall–Kier alpha value is -3.53. The molecule has 0 radical (unpaired) electrons. The first-order valence-corrected chi connectivity index (χ1v) is 11.4. The highest BCUT2D eigenvalue weighted by molar-refractivity contribution is 7.99. The molecule has 1 amide bonds. The standard InChI is InChI=1S/C24H22F3N5OS/c1-16-9-11-17(12-10-16)32-21(14-18-6-5-13-31(18)2)29-30-23(32)34-15-22(33)28-20-8-4-3-7-19(20)24(25,26)27/h3-13H,14-15H2,1-2H3,(H,28,33). The van der Waals surface area contributed by atoms with E-state index < -0.39 is 17.6 Å². The molecule has 0 bridgehead atoms. The van der Waals surface area contributed by atoms with Crippen molar-refractivity contribution in [1.82, 2.24) is 19.3 Å². The number of thioether (sulfide) groups is 1. The van der Waals surface area contributed by atoms with Gasteiger partial charge < -0.3 is 9.88 Å². The quantitative estimate of drug-likeness (QED) is 0.363. The SMILES string of the molecule is Cc1ccc(-n2c(Cc3cccn3C)nnc2SCC(=O)Nc2ccccc2C(F)(F)F)cc1. The summed E-state index contributed by atoms with van der Waals surface area (Å²) in [6.07, 6.45) is -2.09. The van der Waals surface area contributed by atoms with Crippen LogP contribution in [-0.4, -0.2) is 31.0 Å². The van der Waals surface area contributed by atoms with Crippen LogP contribution in [0.1, 0.15) is 22.6 Å². The molecule has 0 saturated carbocycles. The van der Waals surface area contributed by atoms with Crippen LogP contribution >= 0.6 is 11.8 Å². The summed E-state index contributed by atoms with van der Waals surface area (Å²) in [6.45, 7) is 1.99. The fourth-order valence-electron chi connectivity index (χ4n) is 3.46. The number of aromatic nitrogens is 4. The van der Waals surface area contributed by atoms with E-state index in [1.165, 1.54) is 18.2 Å². The second-order valence-corrected chi connectivity index (χ2v) is 8.68. The zero-order valence-electron chi connectivity index (χ0n) is 18.5. The van der Waals surface area contributed by atoms with Crippen molar-refractivity contribution in [2.75, 3.05) is 11.1 Å². The molecule has 0 aliphatic rings. The number of nitrogens with one attached hydrogen (secondary N) is 1. The number of hydrogen-bond donors (Lipinski definition) is 1. The number of carbonyl (C=O) groups is 1. The molecule has 34 heavy (non-hydrogen) atoms. The second kappa shape index (κ2) is 9.76. The Balaban J connectivity index is 1.56. The van der Waals surface area contributed by atoms with Gasteiger partial charge in [0.1, 0.15) is 5.82 Å². The van der Waals surface area contributed by atoms with Crippen LogP contribution in [0.5, 0.6) is 0 Å². The monoisotopic (exact) mass is 485 g/mol. The molecule has 176 valence electrons. The summed E-state index contributed by atoms with van der Waals surface area (Å²) in [5, 5.41) is 11.4. The van der Waals surface area contributed by atoms with Crippen molar-refractivity contribution >= 4 is 23.4 Å². The molecule has 0 aliphatic carbocycles.